The Morgan fingerprint density at radius 3 is 2.62 bits per heavy atom. The van der Waals surface area contributed by atoms with Crippen molar-refractivity contribution in [2.24, 2.45) is 5.18 Å². The van der Waals surface area contributed by atoms with Crippen LogP contribution < -0.4 is 5.32 Å². The highest BCUT2D eigenvalue weighted by Crippen LogP contribution is 2.17. The Morgan fingerprint density at radius 1 is 1.31 bits per heavy atom. The fourth-order valence-electron chi connectivity index (χ4n) is 1.74. The predicted molar refractivity (Wildman–Crippen MR) is 50.3 cm³/mol. The van der Waals surface area contributed by atoms with E-state index in [9.17, 15) is 9.70 Å². The van der Waals surface area contributed by atoms with Crippen LogP contribution in [-0.2, 0) is 4.79 Å². The third-order valence-corrected chi connectivity index (χ3v) is 2.48. The molecule has 1 aliphatic carbocycles. The number of nitroso groups, excluding NO2 is 1. The molecule has 0 atom stereocenters. The number of hydrogen-bond donors (Lipinski definition) is 1. The van der Waals surface area contributed by atoms with Crippen molar-refractivity contribution in [1.29, 1.82) is 0 Å². The molecule has 13 heavy (non-hydrogen) atoms. The molecule has 0 aromatic rings. The van der Waals surface area contributed by atoms with Crippen LogP contribution in [0.25, 0.3) is 0 Å². The third kappa shape index (κ3) is 4.12. The minimum Gasteiger partial charge on any atom is -0.313 e. The lowest BCUT2D eigenvalue weighted by Crippen LogP contribution is -2.32. The molecule has 0 aromatic heterocycles. The van der Waals surface area contributed by atoms with Gasteiger partial charge in [0.25, 0.3) is 5.91 Å². The average molecular weight is 184 g/mol. The van der Waals surface area contributed by atoms with E-state index < -0.39 is 5.91 Å². The van der Waals surface area contributed by atoms with Crippen molar-refractivity contribution in [3.63, 3.8) is 0 Å². The lowest BCUT2D eigenvalue weighted by atomic mass is 9.95. The summed E-state index contributed by atoms with van der Waals surface area (Å²) < 4.78 is 0. The highest BCUT2D eigenvalue weighted by molar-refractivity contribution is 5.76. The highest BCUT2D eigenvalue weighted by atomic mass is 16.3. The SMILES string of the molecule is O=NC(=O)CCNC1CCCCC1. The molecule has 0 aliphatic heterocycles. The maximum absolute atomic E-state index is 10.5. The Labute approximate surface area is 78.1 Å². The van der Waals surface area contributed by atoms with Crippen molar-refractivity contribution in [1.82, 2.24) is 5.32 Å². The first kappa shape index (κ1) is 10.3. The van der Waals surface area contributed by atoms with Gasteiger partial charge >= 0.3 is 0 Å². The lowest BCUT2D eigenvalue weighted by molar-refractivity contribution is -0.117. The van der Waals surface area contributed by atoms with E-state index in [0.29, 0.717) is 12.6 Å². The molecule has 1 N–H and O–H groups in total. The van der Waals surface area contributed by atoms with E-state index in [2.05, 4.69) is 10.5 Å². The maximum Gasteiger partial charge on any atom is 0.287 e. The van der Waals surface area contributed by atoms with Crippen LogP contribution in [0.5, 0.6) is 0 Å². The van der Waals surface area contributed by atoms with Crippen LogP contribution in [-0.4, -0.2) is 18.5 Å². The van der Waals surface area contributed by atoms with Crippen molar-refractivity contribution in [3.05, 3.63) is 4.91 Å². The normalized spacial score (nSPS) is 18.5. The zero-order chi connectivity index (χ0) is 9.52. The number of carbonyl (C=O) groups excluding carboxylic acids is 1. The first-order chi connectivity index (χ1) is 6.33. The van der Waals surface area contributed by atoms with Crippen LogP contribution in [0.4, 0.5) is 0 Å². The standard InChI is InChI=1S/C9H16N2O2/c12-9(11-13)6-7-10-8-4-2-1-3-5-8/h8,10H,1-7H2. The molecule has 1 amide bonds. The van der Waals surface area contributed by atoms with Crippen molar-refractivity contribution in [2.45, 2.75) is 44.6 Å². The molecular formula is C9H16N2O2. The predicted octanol–water partition coefficient (Wildman–Crippen LogP) is 1.59. The monoisotopic (exact) mass is 184 g/mol. The Hall–Kier alpha value is -0.770. The van der Waals surface area contributed by atoms with Crippen LogP contribution in [0, 0.1) is 4.91 Å². The molecule has 1 rings (SSSR count). The van der Waals surface area contributed by atoms with Crippen molar-refractivity contribution >= 4 is 5.91 Å². The lowest BCUT2D eigenvalue weighted by Gasteiger charge is -2.22. The Kier molecular flexibility index (Phi) is 4.60. The van der Waals surface area contributed by atoms with Gasteiger partial charge in [0.2, 0.25) is 0 Å². The summed E-state index contributed by atoms with van der Waals surface area (Å²) in [5.74, 6) is -0.552. The Balaban J connectivity index is 2.04. The summed E-state index contributed by atoms with van der Waals surface area (Å²) in [4.78, 5) is 20.3. The molecule has 4 heteroatoms. The second-order valence-electron chi connectivity index (χ2n) is 3.52. The number of rotatable bonds is 4. The highest BCUT2D eigenvalue weighted by Gasteiger charge is 2.12. The summed E-state index contributed by atoms with van der Waals surface area (Å²) in [6.07, 6.45) is 6.51. The summed E-state index contributed by atoms with van der Waals surface area (Å²) in [5.41, 5.74) is 0. The Bertz CT molecular complexity index is 176. The van der Waals surface area contributed by atoms with Gasteiger partial charge in [-0.1, -0.05) is 19.3 Å². The number of nitrogens with zero attached hydrogens (tertiary/aromatic N) is 1. The van der Waals surface area contributed by atoms with Gasteiger partial charge in [-0.25, -0.2) is 0 Å². The molecular weight excluding hydrogens is 168 g/mol. The minimum absolute atomic E-state index is 0.236. The molecule has 1 aliphatic rings. The van der Waals surface area contributed by atoms with E-state index in [-0.39, 0.29) is 6.42 Å². The second kappa shape index (κ2) is 5.80. The molecule has 0 spiro atoms. The first-order valence-electron chi connectivity index (χ1n) is 4.92. The number of amides is 1. The largest absolute Gasteiger partial charge is 0.313 e. The van der Waals surface area contributed by atoms with Crippen LogP contribution in [0.1, 0.15) is 38.5 Å². The van der Waals surface area contributed by atoms with E-state index in [0.717, 1.165) is 0 Å². The van der Waals surface area contributed by atoms with Gasteiger partial charge in [-0.05, 0) is 12.8 Å². The van der Waals surface area contributed by atoms with Gasteiger partial charge in [-0.15, -0.1) is 4.91 Å². The zero-order valence-electron chi connectivity index (χ0n) is 7.79. The second-order valence-corrected chi connectivity index (χ2v) is 3.52. The van der Waals surface area contributed by atoms with Crippen LogP contribution in [0.3, 0.4) is 0 Å². The molecule has 1 saturated carbocycles. The van der Waals surface area contributed by atoms with Crippen molar-refractivity contribution < 1.29 is 4.79 Å². The number of hydrogen-bond acceptors (Lipinski definition) is 3. The van der Waals surface area contributed by atoms with Crippen molar-refractivity contribution in [3.8, 4) is 0 Å². The van der Waals surface area contributed by atoms with Gasteiger partial charge in [0.1, 0.15) is 0 Å². The molecule has 4 nitrogen and oxygen atoms in total. The zero-order valence-corrected chi connectivity index (χ0v) is 7.79. The fourth-order valence-corrected chi connectivity index (χ4v) is 1.74. The molecule has 0 unspecified atom stereocenters. The van der Waals surface area contributed by atoms with Gasteiger partial charge < -0.3 is 5.32 Å². The summed E-state index contributed by atoms with van der Waals surface area (Å²) >= 11 is 0. The molecule has 74 valence electrons. The third-order valence-electron chi connectivity index (χ3n) is 2.48. The van der Waals surface area contributed by atoms with Gasteiger partial charge in [0.05, 0.1) is 0 Å². The van der Waals surface area contributed by atoms with Crippen molar-refractivity contribution in [2.75, 3.05) is 6.54 Å². The quantitative estimate of drug-likeness (QED) is 0.675. The molecule has 0 saturated heterocycles. The summed E-state index contributed by atoms with van der Waals surface area (Å²) in [6, 6.07) is 0.549. The Morgan fingerprint density at radius 2 is 2.00 bits per heavy atom. The van der Waals surface area contributed by atoms with E-state index in [1.807, 2.05) is 0 Å². The molecule has 0 radical (unpaired) electrons. The van der Waals surface area contributed by atoms with Gasteiger partial charge in [-0.3, -0.25) is 4.79 Å². The topological polar surface area (TPSA) is 58.5 Å². The van der Waals surface area contributed by atoms with E-state index >= 15 is 0 Å². The van der Waals surface area contributed by atoms with E-state index in [4.69, 9.17) is 0 Å². The fraction of sp³-hybridized carbons (Fsp3) is 0.889. The first-order valence-corrected chi connectivity index (χ1v) is 4.92. The van der Waals surface area contributed by atoms with E-state index in [1.54, 1.807) is 0 Å². The maximum atomic E-state index is 10.5. The summed E-state index contributed by atoms with van der Waals surface area (Å²) in [5, 5.41) is 5.61. The number of nitrogens with one attached hydrogen (secondary N) is 1. The van der Waals surface area contributed by atoms with Gasteiger partial charge in [0, 0.05) is 24.2 Å². The summed E-state index contributed by atoms with van der Waals surface area (Å²) in [7, 11) is 0. The average Bonchev–Trinajstić information content (AvgIpc) is 2.19. The molecule has 0 bridgehead atoms. The summed E-state index contributed by atoms with van der Waals surface area (Å²) in [6.45, 7) is 0.592. The number of carbonyl (C=O) groups is 1. The molecule has 0 aromatic carbocycles. The van der Waals surface area contributed by atoms with Crippen LogP contribution in [0.2, 0.25) is 0 Å². The van der Waals surface area contributed by atoms with Gasteiger partial charge in [-0.2, -0.15) is 0 Å². The minimum atomic E-state index is -0.552. The molecule has 1 fully saturated rings. The van der Waals surface area contributed by atoms with E-state index in [1.165, 1.54) is 32.1 Å². The smallest absolute Gasteiger partial charge is 0.287 e. The molecule has 0 heterocycles. The van der Waals surface area contributed by atoms with Crippen LogP contribution >= 0.6 is 0 Å². The van der Waals surface area contributed by atoms with Crippen LogP contribution in [0.15, 0.2) is 5.18 Å². The van der Waals surface area contributed by atoms with Gasteiger partial charge in [0.15, 0.2) is 0 Å².